The molecule has 2 heterocycles. The highest BCUT2D eigenvalue weighted by Gasteiger charge is 2.39. The molecule has 0 aliphatic carbocycles. The third-order valence-electron chi connectivity index (χ3n) is 4.73. The van der Waals surface area contributed by atoms with Crippen LogP contribution in [0.2, 0.25) is 0 Å². The summed E-state index contributed by atoms with van der Waals surface area (Å²) >= 11 is 0. The van der Waals surface area contributed by atoms with Crippen molar-refractivity contribution >= 4 is 0 Å². The molecule has 16 heavy (non-hydrogen) atoms. The van der Waals surface area contributed by atoms with Gasteiger partial charge in [0.2, 0.25) is 0 Å². The van der Waals surface area contributed by atoms with E-state index in [-0.39, 0.29) is 0 Å². The predicted octanol–water partition coefficient (Wildman–Crippen LogP) is 2.50. The maximum absolute atomic E-state index is 3.51. The maximum Gasteiger partial charge on any atom is 0.0231 e. The molecule has 2 aliphatic rings. The van der Waals surface area contributed by atoms with E-state index in [0.29, 0.717) is 5.54 Å². The quantitative estimate of drug-likeness (QED) is 0.775. The lowest BCUT2D eigenvalue weighted by atomic mass is 9.80. The highest BCUT2D eigenvalue weighted by molar-refractivity contribution is 4.96. The first-order chi connectivity index (χ1) is 7.66. The summed E-state index contributed by atoms with van der Waals surface area (Å²) in [6, 6.07) is 0. The minimum Gasteiger partial charge on any atom is -0.317 e. The number of nitrogens with zero attached hydrogens (tertiary/aromatic N) is 1. The van der Waals surface area contributed by atoms with Crippen LogP contribution in [0.25, 0.3) is 0 Å². The van der Waals surface area contributed by atoms with Crippen LogP contribution < -0.4 is 5.32 Å². The highest BCUT2D eigenvalue weighted by Crippen LogP contribution is 2.34. The Morgan fingerprint density at radius 1 is 1.12 bits per heavy atom. The fourth-order valence-electron chi connectivity index (χ4n) is 3.84. The number of hydrogen-bond donors (Lipinski definition) is 1. The Bertz CT molecular complexity index is 211. The molecule has 0 unspecified atom stereocenters. The smallest absolute Gasteiger partial charge is 0.0231 e. The maximum atomic E-state index is 3.51. The molecule has 0 spiro atoms. The molecule has 0 aromatic carbocycles. The van der Waals surface area contributed by atoms with E-state index in [1.54, 1.807) is 0 Å². The summed E-state index contributed by atoms with van der Waals surface area (Å²) in [5.41, 5.74) is 0.522. The van der Waals surface area contributed by atoms with Crippen LogP contribution in [0.3, 0.4) is 0 Å². The molecule has 2 aliphatic heterocycles. The van der Waals surface area contributed by atoms with E-state index in [1.807, 2.05) is 0 Å². The summed E-state index contributed by atoms with van der Waals surface area (Å²) < 4.78 is 0. The Hall–Kier alpha value is -0.0800. The Morgan fingerprint density at radius 3 is 2.19 bits per heavy atom. The average molecular weight is 224 g/mol. The fourth-order valence-corrected chi connectivity index (χ4v) is 3.84. The van der Waals surface area contributed by atoms with Crippen LogP contribution in [-0.4, -0.2) is 36.6 Å². The first-order valence-electron chi connectivity index (χ1n) is 7.12. The third kappa shape index (κ3) is 2.43. The minimum atomic E-state index is 0.522. The molecule has 94 valence electrons. The SMILES string of the molecule is CCC1(N2C[C@H](C)C[C@@H](C)C2)CCNCC1. The molecule has 2 fully saturated rings. The molecule has 0 aromatic heterocycles. The molecule has 0 radical (unpaired) electrons. The van der Waals surface area contributed by atoms with Gasteiger partial charge in [0.15, 0.2) is 0 Å². The van der Waals surface area contributed by atoms with E-state index >= 15 is 0 Å². The van der Waals surface area contributed by atoms with Gasteiger partial charge in [-0.15, -0.1) is 0 Å². The van der Waals surface area contributed by atoms with Crippen molar-refractivity contribution in [1.82, 2.24) is 10.2 Å². The van der Waals surface area contributed by atoms with E-state index < -0.39 is 0 Å². The van der Waals surface area contributed by atoms with Crippen molar-refractivity contribution < 1.29 is 0 Å². The van der Waals surface area contributed by atoms with E-state index in [2.05, 4.69) is 31.0 Å². The molecular formula is C14H28N2. The van der Waals surface area contributed by atoms with Gasteiger partial charge in [-0.2, -0.15) is 0 Å². The van der Waals surface area contributed by atoms with Gasteiger partial charge in [-0.3, -0.25) is 4.90 Å². The molecule has 0 bridgehead atoms. The van der Waals surface area contributed by atoms with E-state index in [0.717, 1.165) is 11.8 Å². The van der Waals surface area contributed by atoms with Crippen molar-refractivity contribution in [2.75, 3.05) is 26.2 Å². The second-order valence-electron chi connectivity index (χ2n) is 6.18. The zero-order valence-electron chi connectivity index (χ0n) is 11.3. The van der Waals surface area contributed by atoms with Crippen LogP contribution in [0, 0.1) is 11.8 Å². The van der Waals surface area contributed by atoms with Crippen molar-refractivity contribution in [3.8, 4) is 0 Å². The zero-order valence-corrected chi connectivity index (χ0v) is 11.3. The summed E-state index contributed by atoms with van der Waals surface area (Å²) in [7, 11) is 0. The van der Waals surface area contributed by atoms with Crippen LogP contribution >= 0.6 is 0 Å². The lowest BCUT2D eigenvalue weighted by Crippen LogP contribution is -2.58. The van der Waals surface area contributed by atoms with Crippen molar-refractivity contribution in [3.05, 3.63) is 0 Å². The monoisotopic (exact) mass is 224 g/mol. The van der Waals surface area contributed by atoms with E-state index in [1.165, 1.54) is 51.9 Å². The fraction of sp³-hybridized carbons (Fsp3) is 1.00. The normalized spacial score (nSPS) is 36.2. The largest absolute Gasteiger partial charge is 0.317 e. The summed E-state index contributed by atoms with van der Waals surface area (Å²) in [6.07, 6.45) is 5.45. The van der Waals surface area contributed by atoms with Gasteiger partial charge < -0.3 is 5.32 Å². The number of nitrogens with one attached hydrogen (secondary N) is 1. The summed E-state index contributed by atoms with van der Waals surface area (Å²) in [4.78, 5) is 2.83. The van der Waals surface area contributed by atoms with Crippen molar-refractivity contribution in [2.24, 2.45) is 11.8 Å². The molecule has 0 saturated carbocycles. The first kappa shape index (κ1) is 12.4. The molecular weight excluding hydrogens is 196 g/mol. The van der Waals surface area contributed by atoms with Crippen LogP contribution in [-0.2, 0) is 0 Å². The number of likely N-dealkylation sites (tertiary alicyclic amines) is 1. The van der Waals surface area contributed by atoms with Crippen LogP contribution in [0.5, 0.6) is 0 Å². The van der Waals surface area contributed by atoms with Crippen LogP contribution in [0.4, 0.5) is 0 Å². The molecule has 2 rings (SSSR count). The van der Waals surface area contributed by atoms with Gasteiger partial charge in [0, 0.05) is 18.6 Å². The Labute approximate surface area is 101 Å². The van der Waals surface area contributed by atoms with Crippen LogP contribution in [0.1, 0.15) is 46.5 Å². The van der Waals surface area contributed by atoms with Crippen LogP contribution in [0.15, 0.2) is 0 Å². The molecule has 2 nitrogen and oxygen atoms in total. The molecule has 1 N–H and O–H groups in total. The second kappa shape index (κ2) is 5.05. The van der Waals surface area contributed by atoms with Gasteiger partial charge >= 0.3 is 0 Å². The summed E-state index contributed by atoms with van der Waals surface area (Å²) in [6.45, 7) is 12.3. The zero-order chi connectivity index (χ0) is 11.6. The van der Waals surface area contributed by atoms with Crippen molar-refractivity contribution in [1.29, 1.82) is 0 Å². The summed E-state index contributed by atoms with van der Waals surface area (Å²) in [5, 5.41) is 3.51. The van der Waals surface area contributed by atoms with Gasteiger partial charge in [-0.1, -0.05) is 20.8 Å². The Kier molecular flexibility index (Phi) is 3.91. The first-order valence-corrected chi connectivity index (χ1v) is 7.12. The van der Waals surface area contributed by atoms with Gasteiger partial charge in [0.05, 0.1) is 0 Å². The second-order valence-corrected chi connectivity index (χ2v) is 6.18. The van der Waals surface area contributed by atoms with Gasteiger partial charge in [-0.05, 0) is 50.6 Å². The van der Waals surface area contributed by atoms with Gasteiger partial charge in [0.25, 0.3) is 0 Å². The minimum absolute atomic E-state index is 0.522. The predicted molar refractivity (Wildman–Crippen MR) is 69.6 cm³/mol. The third-order valence-corrected chi connectivity index (χ3v) is 4.73. The molecule has 2 heteroatoms. The summed E-state index contributed by atoms with van der Waals surface area (Å²) in [5.74, 6) is 1.78. The van der Waals surface area contributed by atoms with Gasteiger partial charge in [-0.25, -0.2) is 0 Å². The standard InChI is InChI=1S/C14H28N2/c1-4-14(5-7-15-8-6-14)16-10-12(2)9-13(3)11-16/h12-13,15H,4-11H2,1-3H3/t12-,13-/m1/s1. The molecule has 2 atom stereocenters. The molecule has 2 saturated heterocycles. The Balaban J connectivity index is 2.07. The van der Waals surface area contributed by atoms with Crippen molar-refractivity contribution in [2.45, 2.75) is 52.0 Å². The molecule has 0 aromatic rings. The lowest BCUT2D eigenvalue weighted by Gasteiger charge is -2.50. The average Bonchev–Trinajstić information content (AvgIpc) is 2.28. The Morgan fingerprint density at radius 2 is 1.69 bits per heavy atom. The number of rotatable bonds is 2. The number of hydrogen-bond acceptors (Lipinski definition) is 2. The lowest BCUT2D eigenvalue weighted by molar-refractivity contribution is 0.00113. The van der Waals surface area contributed by atoms with E-state index in [4.69, 9.17) is 0 Å². The molecule has 0 amide bonds. The van der Waals surface area contributed by atoms with Gasteiger partial charge in [0.1, 0.15) is 0 Å². The number of piperidine rings is 2. The van der Waals surface area contributed by atoms with E-state index in [9.17, 15) is 0 Å². The highest BCUT2D eigenvalue weighted by atomic mass is 15.2. The topological polar surface area (TPSA) is 15.3 Å². The van der Waals surface area contributed by atoms with Crippen molar-refractivity contribution in [3.63, 3.8) is 0 Å².